The molecule has 0 saturated carbocycles. The predicted molar refractivity (Wildman–Crippen MR) is 102 cm³/mol. The van der Waals surface area contributed by atoms with Crippen molar-refractivity contribution in [3.05, 3.63) is 62.2 Å². The summed E-state index contributed by atoms with van der Waals surface area (Å²) in [5.74, 6) is -0.601. The van der Waals surface area contributed by atoms with Crippen LogP contribution in [0, 0.1) is 10.1 Å². The highest BCUT2D eigenvalue weighted by Gasteiger charge is 2.38. The summed E-state index contributed by atoms with van der Waals surface area (Å²) in [6, 6.07) is 7.44. The lowest BCUT2D eigenvalue weighted by atomic mass is 9.96. The van der Waals surface area contributed by atoms with Crippen molar-refractivity contribution in [2.24, 2.45) is 0 Å². The molecular weight excluding hydrogens is 370 g/mol. The predicted octanol–water partition coefficient (Wildman–Crippen LogP) is 3.90. The van der Waals surface area contributed by atoms with E-state index in [0.29, 0.717) is 5.69 Å². The lowest BCUT2D eigenvalue weighted by molar-refractivity contribution is -0.384. The summed E-state index contributed by atoms with van der Waals surface area (Å²) in [4.78, 5) is 37.1. The molecule has 2 aromatic carbocycles. The molecule has 1 N–H and O–H groups in total. The van der Waals surface area contributed by atoms with Gasteiger partial charge in [-0.15, -0.1) is 0 Å². The zero-order valence-electron chi connectivity index (χ0n) is 14.5. The molecule has 0 fully saturated rings. The van der Waals surface area contributed by atoms with E-state index in [2.05, 4.69) is 5.32 Å². The number of rotatable bonds is 3. The molecule has 138 valence electrons. The van der Waals surface area contributed by atoms with E-state index >= 15 is 0 Å². The lowest BCUT2D eigenvalue weighted by Gasteiger charge is -2.26. The summed E-state index contributed by atoms with van der Waals surface area (Å²) in [6.45, 7) is 2.60. The molecule has 0 saturated heterocycles. The van der Waals surface area contributed by atoms with E-state index in [9.17, 15) is 19.7 Å². The summed E-state index contributed by atoms with van der Waals surface area (Å²) in [7, 11) is 0. The molecule has 27 heavy (non-hydrogen) atoms. The number of hydrogen-bond acceptors (Lipinski definition) is 4. The summed E-state index contributed by atoms with van der Waals surface area (Å²) in [5.41, 5.74) is 3.51. The highest BCUT2D eigenvalue weighted by Crippen LogP contribution is 2.44. The molecule has 4 rings (SSSR count). The molecule has 8 heteroatoms. The quantitative estimate of drug-likeness (QED) is 0.640. The Hall–Kier alpha value is -2.93. The van der Waals surface area contributed by atoms with Crippen molar-refractivity contribution in [1.82, 2.24) is 0 Å². The third-order valence-corrected chi connectivity index (χ3v) is 5.40. The molecular formula is C19H16ClN3O4. The van der Waals surface area contributed by atoms with Crippen LogP contribution in [0.4, 0.5) is 17.1 Å². The van der Waals surface area contributed by atoms with Gasteiger partial charge in [0.1, 0.15) is 0 Å². The van der Waals surface area contributed by atoms with E-state index in [1.165, 1.54) is 12.1 Å². The number of carbonyl (C=O) groups is 2. The van der Waals surface area contributed by atoms with Crippen LogP contribution in [-0.2, 0) is 11.2 Å². The number of nitro benzene ring substituents is 1. The van der Waals surface area contributed by atoms with Crippen molar-refractivity contribution < 1.29 is 14.5 Å². The molecule has 1 unspecified atom stereocenters. The highest BCUT2D eigenvalue weighted by molar-refractivity contribution is 6.34. The number of hydrogen-bond donors (Lipinski definition) is 1. The Morgan fingerprint density at radius 3 is 2.81 bits per heavy atom. The maximum absolute atomic E-state index is 12.6. The molecule has 2 aliphatic heterocycles. The number of halogens is 1. The van der Waals surface area contributed by atoms with Crippen LogP contribution in [-0.4, -0.2) is 23.3 Å². The third-order valence-electron chi connectivity index (χ3n) is 5.09. The van der Waals surface area contributed by atoms with Gasteiger partial charge in [0, 0.05) is 24.4 Å². The molecule has 0 bridgehead atoms. The average molecular weight is 386 g/mol. The second-order valence-electron chi connectivity index (χ2n) is 6.76. The second-order valence-corrected chi connectivity index (χ2v) is 7.17. The van der Waals surface area contributed by atoms with Crippen molar-refractivity contribution in [3.63, 3.8) is 0 Å². The van der Waals surface area contributed by atoms with Crippen LogP contribution in [0.1, 0.15) is 40.7 Å². The van der Waals surface area contributed by atoms with Gasteiger partial charge < -0.3 is 10.2 Å². The van der Waals surface area contributed by atoms with Crippen LogP contribution in [0.15, 0.2) is 30.3 Å². The number of nitrogens with one attached hydrogen (secondary N) is 1. The lowest BCUT2D eigenvalue weighted by Crippen LogP contribution is -2.32. The monoisotopic (exact) mass is 385 g/mol. The number of aryl methyl sites for hydroxylation is 1. The first-order valence-electron chi connectivity index (χ1n) is 8.60. The van der Waals surface area contributed by atoms with Crippen molar-refractivity contribution in [1.29, 1.82) is 0 Å². The van der Waals surface area contributed by atoms with Crippen LogP contribution >= 0.6 is 11.6 Å². The van der Waals surface area contributed by atoms with Crippen molar-refractivity contribution in [2.45, 2.75) is 25.7 Å². The van der Waals surface area contributed by atoms with Gasteiger partial charge in [-0.25, -0.2) is 0 Å². The fraction of sp³-hybridized carbons (Fsp3) is 0.263. The van der Waals surface area contributed by atoms with Gasteiger partial charge in [0.25, 0.3) is 11.6 Å². The first-order valence-corrected chi connectivity index (χ1v) is 8.98. The SMILES string of the molecule is CC1C(=O)N2CCCc3cc(NC(=O)c4ccc([N+](=O)[O-])cc4Cl)cc1c32. The van der Waals surface area contributed by atoms with Crippen LogP contribution in [0.25, 0.3) is 0 Å². The first kappa shape index (κ1) is 17.5. The minimum atomic E-state index is -0.566. The molecule has 2 amide bonds. The summed E-state index contributed by atoms with van der Waals surface area (Å²) >= 11 is 6.04. The summed E-state index contributed by atoms with van der Waals surface area (Å²) in [6.07, 6.45) is 1.73. The molecule has 1 atom stereocenters. The number of amides is 2. The van der Waals surface area contributed by atoms with Crippen molar-refractivity contribution in [2.75, 3.05) is 16.8 Å². The normalized spacial score (nSPS) is 17.6. The smallest absolute Gasteiger partial charge is 0.270 e. The van der Waals surface area contributed by atoms with Gasteiger partial charge >= 0.3 is 0 Å². The minimum absolute atomic E-state index is 0.0129. The van der Waals surface area contributed by atoms with Crippen LogP contribution in [0.3, 0.4) is 0 Å². The van der Waals surface area contributed by atoms with Crippen LogP contribution < -0.4 is 10.2 Å². The molecule has 0 radical (unpaired) electrons. The van der Waals surface area contributed by atoms with Crippen molar-refractivity contribution >= 4 is 40.5 Å². The maximum atomic E-state index is 12.6. The van der Waals surface area contributed by atoms with Gasteiger partial charge in [0.05, 0.1) is 27.1 Å². The minimum Gasteiger partial charge on any atom is -0.322 e. The maximum Gasteiger partial charge on any atom is 0.270 e. The van der Waals surface area contributed by atoms with Gasteiger partial charge in [-0.2, -0.15) is 0 Å². The van der Waals surface area contributed by atoms with E-state index in [0.717, 1.165) is 42.3 Å². The van der Waals surface area contributed by atoms with Gasteiger partial charge in [-0.05, 0) is 49.1 Å². The fourth-order valence-electron chi connectivity index (χ4n) is 3.77. The summed E-state index contributed by atoms with van der Waals surface area (Å²) < 4.78 is 0. The molecule has 0 spiro atoms. The Labute approximate surface area is 160 Å². The number of nitrogens with zero attached hydrogens (tertiary/aromatic N) is 2. The van der Waals surface area contributed by atoms with E-state index in [1.54, 1.807) is 0 Å². The Balaban J connectivity index is 1.66. The fourth-order valence-corrected chi connectivity index (χ4v) is 4.03. The number of benzene rings is 2. The Bertz CT molecular complexity index is 1000. The van der Waals surface area contributed by atoms with E-state index in [-0.39, 0.29) is 28.1 Å². The topological polar surface area (TPSA) is 92.6 Å². The van der Waals surface area contributed by atoms with E-state index in [4.69, 9.17) is 11.6 Å². The molecule has 7 nitrogen and oxygen atoms in total. The molecule has 2 heterocycles. The zero-order chi connectivity index (χ0) is 19.3. The van der Waals surface area contributed by atoms with Crippen molar-refractivity contribution in [3.8, 4) is 0 Å². The third kappa shape index (κ3) is 2.84. The van der Waals surface area contributed by atoms with Gasteiger partial charge in [0.2, 0.25) is 5.91 Å². The molecule has 2 aliphatic rings. The van der Waals surface area contributed by atoms with Crippen LogP contribution in [0.5, 0.6) is 0 Å². The number of carbonyl (C=O) groups excluding carboxylic acids is 2. The van der Waals surface area contributed by atoms with E-state index in [1.807, 2.05) is 24.0 Å². The Kier molecular flexibility index (Phi) is 4.11. The second kappa shape index (κ2) is 6.35. The first-order chi connectivity index (χ1) is 12.9. The largest absolute Gasteiger partial charge is 0.322 e. The van der Waals surface area contributed by atoms with E-state index < -0.39 is 10.8 Å². The highest BCUT2D eigenvalue weighted by atomic mass is 35.5. The van der Waals surface area contributed by atoms with Gasteiger partial charge in [-0.3, -0.25) is 19.7 Å². The standard InChI is InChI=1S/C19H16ClN3O4/c1-10-15-8-12(7-11-3-2-6-22(17(11)15)19(10)25)21-18(24)14-5-4-13(23(26)27)9-16(14)20/h4-5,7-10H,2-3,6H2,1H3,(H,21,24). The summed E-state index contributed by atoms with van der Waals surface area (Å²) in [5, 5.41) is 13.6. The Morgan fingerprint density at radius 1 is 1.33 bits per heavy atom. The average Bonchev–Trinajstić information content (AvgIpc) is 2.88. The number of non-ortho nitro benzene ring substituents is 1. The molecule has 0 aromatic heterocycles. The van der Waals surface area contributed by atoms with Gasteiger partial charge in [0.15, 0.2) is 0 Å². The zero-order valence-corrected chi connectivity index (χ0v) is 15.2. The molecule has 2 aromatic rings. The molecule has 0 aliphatic carbocycles. The number of nitro groups is 1. The van der Waals surface area contributed by atoms with Crippen LogP contribution in [0.2, 0.25) is 5.02 Å². The number of anilines is 2. The van der Waals surface area contributed by atoms with Gasteiger partial charge in [-0.1, -0.05) is 11.6 Å². The Morgan fingerprint density at radius 2 is 2.11 bits per heavy atom.